The van der Waals surface area contributed by atoms with Crippen molar-refractivity contribution in [3.8, 4) is 0 Å². The molecule has 25 heavy (non-hydrogen) atoms. The summed E-state index contributed by atoms with van der Waals surface area (Å²) in [6.07, 6.45) is 1.56. The molecule has 0 bridgehead atoms. The number of rotatable bonds is 6. The van der Waals surface area contributed by atoms with Crippen LogP contribution in [0.15, 0.2) is 22.5 Å². The van der Waals surface area contributed by atoms with Crippen LogP contribution in [0.1, 0.15) is 45.4 Å². The lowest BCUT2D eigenvalue weighted by Crippen LogP contribution is -2.45. The lowest BCUT2D eigenvalue weighted by molar-refractivity contribution is -0.129. The number of amides is 1. The number of thiophene rings is 1. The van der Waals surface area contributed by atoms with Crippen LogP contribution in [0.3, 0.4) is 0 Å². The van der Waals surface area contributed by atoms with E-state index >= 15 is 0 Å². The maximum atomic E-state index is 11.8. The highest BCUT2D eigenvalue weighted by Gasteiger charge is 2.26. The molecule has 1 aromatic rings. The van der Waals surface area contributed by atoms with Crippen molar-refractivity contribution in [2.75, 3.05) is 26.2 Å². The third-order valence-electron chi connectivity index (χ3n) is 4.35. The van der Waals surface area contributed by atoms with E-state index in [1.54, 1.807) is 11.3 Å². The molecular weight excluding hydrogens is 447 g/mol. The van der Waals surface area contributed by atoms with Crippen molar-refractivity contribution in [2.24, 2.45) is 4.99 Å². The van der Waals surface area contributed by atoms with Crippen molar-refractivity contribution in [1.82, 2.24) is 15.5 Å². The number of aliphatic imine (C=N–C) groups is 1. The molecule has 0 saturated carbocycles. The van der Waals surface area contributed by atoms with Crippen molar-refractivity contribution in [3.05, 3.63) is 22.4 Å². The van der Waals surface area contributed by atoms with Crippen LogP contribution < -0.4 is 10.6 Å². The van der Waals surface area contributed by atoms with Gasteiger partial charge < -0.3 is 15.5 Å². The van der Waals surface area contributed by atoms with E-state index in [4.69, 9.17) is 4.99 Å². The van der Waals surface area contributed by atoms with Gasteiger partial charge in [0.2, 0.25) is 5.91 Å². The quantitative estimate of drug-likeness (QED) is 0.375. The third kappa shape index (κ3) is 6.44. The van der Waals surface area contributed by atoms with Crippen molar-refractivity contribution >= 4 is 47.2 Å². The summed E-state index contributed by atoms with van der Waals surface area (Å²) in [6, 6.07) is 4.54. The molecule has 1 amide bonds. The largest absolute Gasteiger partial charge is 0.357 e. The summed E-state index contributed by atoms with van der Waals surface area (Å²) in [5.74, 6) is 1.08. The molecule has 142 valence electrons. The monoisotopic (exact) mass is 478 g/mol. The molecule has 1 fully saturated rings. The molecule has 2 heterocycles. The molecule has 0 aromatic carbocycles. The van der Waals surface area contributed by atoms with Crippen LogP contribution >= 0.6 is 35.3 Å². The van der Waals surface area contributed by atoms with Crippen molar-refractivity contribution in [1.29, 1.82) is 0 Å². The Morgan fingerprint density at radius 1 is 1.44 bits per heavy atom. The molecule has 0 radical (unpaired) electrons. The van der Waals surface area contributed by atoms with Crippen LogP contribution in [0.4, 0.5) is 0 Å². The fourth-order valence-corrected chi connectivity index (χ4v) is 3.70. The first-order valence-electron chi connectivity index (χ1n) is 8.83. The van der Waals surface area contributed by atoms with Crippen LogP contribution in [-0.2, 0) is 10.2 Å². The fourth-order valence-electron chi connectivity index (χ4n) is 2.86. The summed E-state index contributed by atoms with van der Waals surface area (Å²) in [7, 11) is 0. The highest BCUT2D eigenvalue weighted by atomic mass is 127. The van der Waals surface area contributed by atoms with E-state index < -0.39 is 0 Å². The number of nitrogens with zero attached hydrogens (tertiary/aromatic N) is 2. The van der Waals surface area contributed by atoms with Gasteiger partial charge in [-0.05, 0) is 24.8 Å². The molecule has 1 aliphatic heterocycles. The second-order valence-electron chi connectivity index (χ2n) is 6.88. The second-order valence-corrected chi connectivity index (χ2v) is 7.83. The van der Waals surface area contributed by atoms with Gasteiger partial charge in [0.25, 0.3) is 0 Å². The van der Waals surface area contributed by atoms with E-state index in [1.807, 2.05) is 11.8 Å². The number of nitrogens with one attached hydrogen (secondary N) is 2. The van der Waals surface area contributed by atoms with Crippen molar-refractivity contribution < 1.29 is 4.79 Å². The van der Waals surface area contributed by atoms with E-state index in [1.165, 1.54) is 4.88 Å². The second kappa shape index (κ2) is 10.4. The zero-order valence-corrected chi connectivity index (χ0v) is 18.8. The van der Waals surface area contributed by atoms with Crippen LogP contribution in [0, 0.1) is 0 Å². The Bertz CT molecular complexity index is 559. The van der Waals surface area contributed by atoms with E-state index in [2.05, 4.69) is 48.9 Å². The molecule has 1 atom stereocenters. The minimum atomic E-state index is 0. The lowest BCUT2D eigenvalue weighted by Gasteiger charge is -2.23. The van der Waals surface area contributed by atoms with Crippen LogP contribution in [0.25, 0.3) is 0 Å². The van der Waals surface area contributed by atoms with Gasteiger partial charge in [0.05, 0.1) is 6.54 Å². The van der Waals surface area contributed by atoms with Gasteiger partial charge in [-0.25, -0.2) is 0 Å². The summed E-state index contributed by atoms with van der Waals surface area (Å²) in [5, 5.41) is 8.93. The van der Waals surface area contributed by atoms with Crippen LogP contribution in [0.2, 0.25) is 0 Å². The molecule has 0 spiro atoms. The van der Waals surface area contributed by atoms with Gasteiger partial charge in [0, 0.05) is 42.4 Å². The fraction of sp³-hybridized carbons (Fsp3) is 0.667. The molecule has 5 nitrogen and oxygen atoms in total. The Balaban J connectivity index is 0.00000312. The highest BCUT2D eigenvalue weighted by Crippen LogP contribution is 2.27. The maximum Gasteiger partial charge on any atom is 0.222 e. The van der Waals surface area contributed by atoms with E-state index in [0.29, 0.717) is 6.42 Å². The smallest absolute Gasteiger partial charge is 0.222 e. The van der Waals surface area contributed by atoms with Crippen LogP contribution in [-0.4, -0.2) is 49.0 Å². The van der Waals surface area contributed by atoms with Gasteiger partial charge >= 0.3 is 0 Å². The summed E-state index contributed by atoms with van der Waals surface area (Å²) in [4.78, 5) is 19.9. The van der Waals surface area contributed by atoms with Gasteiger partial charge in [0.15, 0.2) is 5.96 Å². The molecule has 0 aliphatic carbocycles. The number of carbonyl (C=O) groups is 1. The minimum Gasteiger partial charge on any atom is -0.357 e. The number of hydrogen-bond acceptors (Lipinski definition) is 3. The lowest BCUT2D eigenvalue weighted by atomic mass is 9.92. The molecule has 1 saturated heterocycles. The summed E-state index contributed by atoms with van der Waals surface area (Å²) >= 11 is 1.78. The van der Waals surface area contributed by atoms with Gasteiger partial charge in [-0.2, -0.15) is 0 Å². The van der Waals surface area contributed by atoms with E-state index in [-0.39, 0.29) is 41.3 Å². The normalized spacial score (nSPS) is 18.0. The Kier molecular flexibility index (Phi) is 9.20. The maximum absolute atomic E-state index is 11.8. The number of hydrogen-bond donors (Lipinski definition) is 2. The minimum absolute atomic E-state index is 0. The Hall–Kier alpha value is -0.830. The topological polar surface area (TPSA) is 56.7 Å². The van der Waals surface area contributed by atoms with E-state index in [9.17, 15) is 4.79 Å². The SMILES string of the molecule is CCNC(=NCC(C)(C)c1cccs1)NC1CCN(C(=O)CC)C1.I. The molecule has 1 unspecified atom stereocenters. The predicted octanol–water partition coefficient (Wildman–Crippen LogP) is 3.21. The first-order valence-corrected chi connectivity index (χ1v) is 9.70. The Labute approximate surface area is 172 Å². The first kappa shape index (κ1) is 22.2. The predicted molar refractivity (Wildman–Crippen MR) is 117 cm³/mol. The molecule has 7 heteroatoms. The highest BCUT2D eigenvalue weighted by molar-refractivity contribution is 14.0. The average Bonchev–Trinajstić information content (AvgIpc) is 3.24. The Morgan fingerprint density at radius 2 is 2.20 bits per heavy atom. The average molecular weight is 478 g/mol. The summed E-state index contributed by atoms with van der Waals surface area (Å²) in [6.45, 7) is 11.6. The van der Waals surface area contributed by atoms with Gasteiger partial charge in [-0.1, -0.05) is 26.8 Å². The standard InChI is InChI=1S/C18H30N4OS.HI/c1-5-16(23)22-10-9-14(12-22)21-17(19-6-2)20-13-18(3,4)15-8-7-11-24-15;/h7-8,11,14H,5-6,9-10,12-13H2,1-4H3,(H2,19,20,21);1H. The van der Waals surface area contributed by atoms with Gasteiger partial charge in [0.1, 0.15) is 0 Å². The summed E-state index contributed by atoms with van der Waals surface area (Å²) < 4.78 is 0. The summed E-state index contributed by atoms with van der Waals surface area (Å²) in [5.41, 5.74) is 0.0242. The number of halogens is 1. The van der Waals surface area contributed by atoms with E-state index in [0.717, 1.165) is 38.6 Å². The molecular formula is C18H31IN4OS. The number of carbonyl (C=O) groups excluding carboxylic acids is 1. The first-order chi connectivity index (χ1) is 11.5. The third-order valence-corrected chi connectivity index (χ3v) is 5.58. The van der Waals surface area contributed by atoms with Crippen molar-refractivity contribution in [3.63, 3.8) is 0 Å². The Morgan fingerprint density at radius 3 is 2.80 bits per heavy atom. The molecule has 2 rings (SSSR count). The molecule has 1 aromatic heterocycles. The molecule has 1 aliphatic rings. The number of likely N-dealkylation sites (tertiary alicyclic amines) is 1. The molecule has 2 N–H and O–H groups in total. The van der Waals surface area contributed by atoms with Crippen molar-refractivity contribution in [2.45, 2.75) is 52.0 Å². The van der Waals surface area contributed by atoms with Crippen LogP contribution in [0.5, 0.6) is 0 Å². The zero-order valence-electron chi connectivity index (χ0n) is 15.7. The zero-order chi connectivity index (χ0) is 17.6. The van der Waals surface area contributed by atoms with Gasteiger partial charge in [-0.3, -0.25) is 9.79 Å². The number of guanidine groups is 1. The van der Waals surface area contributed by atoms with Gasteiger partial charge in [-0.15, -0.1) is 35.3 Å².